The van der Waals surface area contributed by atoms with Crippen molar-refractivity contribution in [3.8, 4) is 6.07 Å². The first kappa shape index (κ1) is 19.3. The lowest BCUT2D eigenvalue weighted by molar-refractivity contribution is 0.122. The summed E-state index contributed by atoms with van der Waals surface area (Å²) in [6.07, 6.45) is 3.87. The number of rotatable bonds is 5. The van der Waals surface area contributed by atoms with Crippen LogP contribution in [0.15, 0.2) is 23.5 Å². The van der Waals surface area contributed by atoms with Gasteiger partial charge in [0.1, 0.15) is 17.5 Å². The zero-order chi connectivity index (χ0) is 20.4. The molecule has 0 atom stereocenters. The van der Waals surface area contributed by atoms with Gasteiger partial charge in [-0.2, -0.15) is 5.26 Å². The second-order valence-corrected chi connectivity index (χ2v) is 7.44. The second kappa shape index (κ2) is 8.14. The van der Waals surface area contributed by atoms with Gasteiger partial charge in [0.25, 0.3) is 0 Å². The van der Waals surface area contributed by atoms with Crippen molar-refractivity contribution in [3.05, 3.63) is 29.6 Å². The van der Waals surface area contributed by atoms with Gasteiger partial charge in [0, 0.05) is 26.3 Å². The molecular weight excluding hydrogens is 388 g/mol. The molecule has 0 radical (unpaired) electrons. The molecule has 9 nitrogen and oxygen atoms in total. The Morgan fingerprint density at radius 1 is 1.31 bits per heavy atom. The molecule has 3 aromatic rings. The summed E-state index contributed by atoms with van der Waals surface area (Å²) in [6, 6.07) is 6.25. The molecule has 1 saturated heterocycles. The Hall–Kier alpha value is -3.03. The fourth-order valence-electron chi connectivity index (χ4n) is 3.38. The summed E-state index contributed by atoms with van der Waals surface area (Å²) in [7, 11) is 2.01. The van der Waals surface area contributed by atoms with Crippen LogP contribution in [0.3, 0.4) is 0 Å². The quantitative estimate of drug-likeness (QED) is 0.481. The van der Waals surface area contributed by atoms with Gasteiger partial charge in [-0.1, -0.05) is 11.8 Å². The molecule has 10 heteroatoms. The molecule has 150 valence electrons. The Bertz CT molecular complexity index is 1080. The van der Waals surface area contributed by atoms with Crippen molar-refractivity contribution in [3.63, 3.8) is 0 Å². The minimum atomic E-state index is 0.175. The van der Waals surface area contributed by atoms with Crippen LogP contribution in [-0.4, -0.2) is 52.1 Å². The lowest BCUT2D eigenvalue weighted by atomic mass is 10.2. The van der Waals surface area contributed by atoms with Gasteiger partial charge in [0.2, 0.25) is 0 Å². The third kappa shape index (κ3) is 3.79. The topological polar surface area (TPSA) is 118 Å². The van der Waals surface area contributed by atoms with Gasteiger partial charge in [-0.05, 0) is 18.4 Å². The van der Waals surface area contributed by atoms with E-state index in [0.29, 0.717) is 30.7 Å². The van der Waals surface area contributed by atoms with Gasteiger partial charge in [-0.15, -0.1) is 0 Å². The lowest BCUT2D eigenvalue weighted by Gasteiger charge is -2.30. The average Bonchev–Trinajstić information content (AvgIpc) is 3.11. The lowest BCUT2D eigenvalue weighted by Crippen LogP contribution is -2.37. The molecule has 0 aromatic carbocycles. The van der Waals surface area contributed by atoms with Gasteiger partial charge in [0.15, 0.2) is 11.0 Å². The van der Waals surface area contributed by atoms with E-state index >= 15 is 0 Å². The largest absolute Gasteiger partial charge is 0.382 e. The summed E-state index contributed by atoms with van der Waals surface area (Å²) in [5.74, 6) is 0.599. The van der Waals surface area contributed by atoms with Crippen LogP contribution in [0, 0.1) is 11.3 Å². The van der Waals surface area contributed by atoms with Crippen LogP contribution in [0.2, 0.25) is 0 Å². The number of hydrogen-bond donors (Lipinski definition) is 2. The summed E-state index contributed by atoms with van der Waals surface area (Å²) in [4.78, 5) is 15.7. The highest BCUT2D eigenvalue weighted by atomic mass is 32.2. The Labute approximate surface area is 172 Å². The minimum Gasteiger partial charge on any atom is -0.382 e. The van der Waals surface area contributed by atoms with E-state index in [1.165, 1.54) is 11.8 Å². The molecule has 0 bridgehead atoms. The number of pyridine rings is 1. The molecule has 0 saturated carbocycles. The average molecular weight is 411 g/mol. The molecular formula is C19H22N8OS. The van der Waals surface area contributed by atoms with E-state index in [1.807, 2.05) is 25.6 Å². The fraction of sp³-hybridized carbons (Fsp3) is 0.368. The maximum atomic E-state index is 9.47. The number of thioether (sulfide) groups is 1. The molecule has 0 amide bonds. The zero-order valence-electron chi connectivity index (χ0n) is 16.3. The van der Waals surface area contributed by atoms with Crippen molar-refractivity contribution < 1.29 is 4.74 Å². The number of aromatic nitrogens is 4. The van der Waals surface area contributed by atoms with Crippen molar-refractivity contribution in [1.29, 1.82) is 5.26 Å². The number of nitriles is 1. The van der Waals surface area contributed by atoms with Gasteiger partial charge in [-0.25, -0.2) is 15.0 Å². The number of nitrogen functional groups attached to an aromatic ring is 1. The van der Waals surface area contributed by atoms with Gasteiger partial charge < -0.3 is 25.3 Å². The predicted octanol–water partition coefficient (Wildman–Crippen LogP) is 1.99. The molecule has 29 heavy (non-hydrogen) atoms. The van der Waals surface area contributed by atoms with E-state index in [2.05, 4.69) is 36.9 Å². The number of morpholine rings is 1. The van der Waals surface area contributed by atoms with Crippen molar-refractivity contribution in [2.45, 2.75) is 11.7 Å². The molecule has 3 N–H and O–H groups in total. The zero-order valence-corrected chi connectivity index (χ0v) is 17.2. The molecule has 0 aliphatic carbocycles. The van der Waals surface area contributed by atoms with Crippen molar-refractivity contribution in [2.75, 3.05) is 48.5 Å². The standard InChI is InChI=1S/C19H22N8OS/c1-26-4-3-13-15(26)9-16(27-5-7-28-8-6-27)14(23-13)11-22-18-12(10-20)17(21)24-19(25-18)29-2/h3-4,9H,5-8,11H2,1-2H3,(H3,21,22,24,25). The molecule has 1 aliphatic heterocycles. The van der Waals surface area contributed by atoms with E-state index < -0.39 is 0 Å². The van der Waals surface area contributed by atoms with E-state index in [4.69, 9.17) is 15.5 Å². The van der Waals surface area contributed by atoms with Gasteiger partial charge in [0.05, 0.1) is 42.2 Å². The monoisotopic (exact) mass is 410 g/mol. The summed E-state index contributed by atoms with van der Waals surface area (Å²) in [6.45, 7) is 3.42. The number of fused-ring (bicyclic) bond motifs is 1. The fourth-order valence-corrected chi connectivity index (χ4v) is 3.75. The van der Waals surface area contributed by atoms with Crippen LogP contribution >= 0.6 is 11.8 Å². The van der Waals surface area contributed by atoms with Gasteiger partial charge >= 0.3 is 0 Å². The van der Waals surface area contributed by atoms with Crippen LogP contribution in [0.5, 0.6) is 0 Å². The van der Waals surface area contributed by atoms with Crippen LogP contribution < -0.4 is 16.0 Å². The highest BCUT2D eigenvalue weighted by Gasteiger charge is 2.19. The number of ether oxygens (including phenoxy) is 1. The molecule has 1 fully saturated rings. The Balaban J connectivity index is 1.70. The number of aryl methyl sites for hydroxylation is 1. The summed E-state index contributed by atoms with van der Waals surface area (Å²) in [5, 5.41) is 13.2. The molecule has 3 aromatic heterocycles. The summed E-state index contributed by atoms with van der Waals surface area (Å²) >= 11 is 1.38. The van der Waals surface area contributed by atoms with Crippen LogP contribution in [-0.2, 0) is 18.3 Å². The van der Waals surface area contributed by atoms with E-state index in [1.54, 1.807) is 0 Å². The molecule has 0 unspecified atom stereocenters. The predicted molar refractivity (Wildman–Crippen MR) is 114 cm³/mol. The van der Waals surface area contributed by atoms with Crippen LogP contribution in [0.4, 0.5) is 17.3 Å². The highest BCUT2D eigenvalue weighted by molar-refractivity contribution is 7.98. The third-order valence-corrected chi connectivity index (χ3v) is 5.46. The molecule has 4 heterocycles. The van der Waals surface area contributed by atoms with Crippen LogP contribution in [0.25, 0.3) is 11.0 Å². The first-order valence-electron chi connectivity index (χ1n) is 9.24. The minimum absolute atomic E-state index is 0.175. The number of nitrogens with one attached hydrogen (secondary N) is 1. The highest BCUT2D eigenvalue weighted by Crippen LogP contribution is 2.28. The number of nitrogens with zero attached hydrogens (tertiary/aromatic N) is 6. The van der Waals surface area contributed by atoms with E-state index in [0.717, 1.165) is 35.5 Å². The van der Waals surface area contributed by atoms with E-state index in [-0.39, 0.29) is 11.4 Å². The Morgan fingerprint density at radius 3 is 2.83 bits per heavy atom. The SMILES string of the molecule is CSc1nc(N)c(C#N)c(NCc2nc3ccn(C)c3cc2N2CCOCC2)n1. The summed E-state index contributed by atoms with van der Waals surface area (Å²) < 4.78 is 7.57. The third-order valence-electron chi connectivity index (χ3n) is 4.91. The molecule has 4 rings (SSSR count). The van der Waals surface area contributed by atoms with E-state index in [9.17, 15) is 5.26 Å². The van der Waals surface area contributed by atoms with Crippen LogP contribution in [0.1, 0.15) is 11.3 Å². The molecule has 0 spiro atoms. The Kier molecular flexibility index (Phi) is 5.42. The van der Waals surface area contributed by atoms with Gasteiger partial charge in [-0.3, -0.25) is 0 Å². The summed E-state index contributed by atoms with van der Waals surface area (Å²) in [5.41, 5.74) is 10.1. The first-order valence-corrected chi connectivity index (χ1v) is 10.5. The smallest absolute Gasteiger partial charge is 0.191 e. The van der Waals surface area contributed by atoms with Crippen molar-refractivity contribution in [2.24, 2.45) is 7.05 Å². The number of anilines is 3. The number of nitrogens with two attached hydrogens (primary N) is 1. The number of hydrogen-bond acceptors (Lipinski definition) is 9. The maximum Gasteiger partial charge on any atom is 0.191 e. The normalized spacial score (nSPS) is 14.2. The first-order chi connectivity index (χ1) is 14.1. The Morgan fingerprint density at radius 2 is 2.10 bits per heavy atom. The maximum absolute atomic E-state index is 9.47. The van der Waals surface area contributed by atoms with Crippen molar-refractivity contribution >= 4 is 40.1 Å². The molecule has 1 aliphatic rings. The second-order valence-electron chi connectivity index (χ2n) is 6.67. The van der Waals surface area contributed by atoms with Crippen molar-refractivity contribution in [1.82, 2.24) is 19.5 Å².